The molecule has 0 saturated carbocycles. The van der Waals surface area contributed by atoms with E-state index in [-0.39, 0.29) is 5.46 Å². The van der Waals surface area contributed by atoms with Gasteiger partial charge in [0.2, 0.25) is 0 Å². The second-order valence-electron chi connectivity index (χ2n) is 7.18. The molecule has 4 aromatic rings. The van der Waals surface area contributed by atoms with Gasteiger partial charge in [0.1, 0.15) is 0 Å². The quantitative estimate of drug-likeness (QED) is 0.318. The van der Waals surface area contributed by atoms with Gasteiger partial charge in [0.25, 0.3) is 0 Å². The summed E-state index contributed by atoms with van der Waals surface area (Å²) >= 11 is 0. The van der Waals surface area contributed by atoms with Crippen molar-refractivity contribution < 1.29 is 39.5 Å². The molecule has 0 radical (unpaired) electrons. The van der Waals surface area contributed by atoms with Gasteiger partial charge in [0.05, 0.1) is 0 Å². The highest BCUT2D eigenvalue weighted by molar-refractivity contribution is 6.87. The minimum absolute atomic E-state index is 0.0204. The number of hydrogen-bond donors (Lipinski definition) is 0. The summed E-state index contributed by atoms with van der Waals surface area (Å²) in [6.45, 7) is -3.40. The van der Waals surface area contributed by atoms with E-state index in [1.807, 2.05) is 0 Å². The van der Waals surface area contributed by atoms with Gasteiger partial charge in [-0.05, 0) is 36.8 Å². The van der Waals surface area contributed by atoms with Crippen molar-refractivity contribution in [1.82, 2.24) is 29.1 Å². The fourth-order valence-electron chi connectivity index (χ4n) is 3.60. The Morgan fingerprint density at radius 2 is 0.824 bits per heavy atom. The Labute approximate surface area is 184 Å². The Morgan fingerprint density at radius 3 is 1.09 bits per heavy atom. The van der Waals surface area contributed by atoms with Crippen LogP contribution in [0.5, 0.6) is 0 Å². The first kappa shape index (κ1) is 23.4. The molecule has 16 heteroatoms. The van der Waals surface area contributed by atoms with Crippen LogP contribution in [-0.2, 0) is 18.5 Å². The van der Waals surface area contributed by atoms with E-state index in [1.165, 1.54) is 30.3 Å². The first-order valence-corrected chi connectivity index (χ1v) is 9.34. The lowest BCUT2D eigenvalue weighted by molar-refractivity contribution is -0.142. The zero-order valence-corrected chi connectivity index (χ0v) is 16.5. The number of hydrogen-bond acceptors (Lipinski definition) is 3. The molecule has 0 saturated heterocycles. The normalized spacial score (nSPS) is 13.4. The molecule has 0 amide bonds. The van der Waals surface area contributed by atoms with Gasteiger partial charge in [-0.3, -0.25) is 0 Å². The van der Waals surface area contributed by atoms with Gasteiger partial charge in [0, 0.05) is 0 Å². The van der Waals surface area contributed by atoms with Crippen molar-refractivity contribution in [3.8, 4) is 0 Å². The van der Waals surface area contributed by atoms with E-state index in [1.54, 1.807) is 0 Å². The lowest BCUT2D eigenvalue weighted by Gasteiger charge is -2.42. The van der Waals surface area contributed by atoms with Gasteiger partial charge in [-0.25, -0.2) is 15.3 Å². The molecule has 6 nitrogen and oxygen atoms in total. The summed E-state index contributed by atoms with van der Waals surface area (Å²) in [6.07, 6.45) is -12.4. The maximum atomic E-state index is 13.3. The number of rotatable bonds is 4. The number of nitrogens with zero attached hydrogens (tertiary/aromatic N) is 6. The molecule has 4 rings (SSSR count). The second-order valence-corrected chi connectivity index (χ2v) is 7.18. The summed E-state index contributed by atoms with van der Waals surface area (Å²) in [5.74, 6) is 0. The fraction of sp³-hybridized carbons (Fsp3) is 0.167. The average molecular weight is 493 g/mol. The molecule has 0 unspecified atom stereocenters. The molecule has 180 valence electrons. The van der Waals surface area contributed by atoms with Crippen molar-refractivity contribution in [3.05, 3.63) is 84.2 Å². The van der Waals surface area contributed by atoms with Crippen molar-refractivity contribution in [2.75, 3.05) is 0 Å². The molecule has 3 heterocycles. The van der Waals surface area contributed by atoms with E-state index in [2.05, 4.69) is 15.3 Å². The molecule has 0 aliphatic heterocycles. The van der Waals surface area contributed by atoms with Crippen molar-refractivity contribution in [2.45, 2.75) is 18.5 Å². The van der Waals surface area contributed by atoms with Crippen molar-refractivity contribution >= 4 is 12.0 Å². The van der Waals surface area contributed by atoms with Gasteiger partial charge < -0.3 is 13.8 Å². The smallest absolute Gasteiger partial charge is 0.396 e. The van der Waals surface area contributed by atoms with E-state index in [0.29, 0.717) is 32.0 Å². The molecular weight excluding hydrogens is 482 g/mol. The molecule has 34 heavy (non-hydrogen) atoms. The van der Waals surface area contributed by atoms with Crippen LogP contribution in [0.15, 0.2) is 67.1 Å². The van der Waals surface area contributed by atoms with Gasteiger partial charge in [-0.1, -0.05) is 30.3 Å². The predicted molar refractivity (Wildman–Crippen MR) is 99.7 cm³/mol. The van der Waals surface area contributed by atoms with Crippen molar-refractivity contribution in [1.29, 1.82) is 0 Å². The maximum absolute atomic E-state index is 13.3. The third-order valence-electron chi connectivity index (χ3n) is 5.05. The largest absolute Gasteiger partial charge is 0.434 e. The fourth-order valence-corrected chi connectivity index (χ4v) is 3.60. The topological polar surface area (TPSA) is 53.5 Å². The third-order valence-corrected chi connectivity index (χ3v) is 5.05. The minimum atomic E-state index is -4.94. The zero-order chi connectivity index (χ0) is 24.9. The van der Waals surface area contributed by atoms with Crippen LogP contribution >= 0.6 is 0 Å². The minimum Gasteiger partial charge on any atom is -0.396 e. The van der Waals surface area contributed by atoms with Crippen LogP contribution in [0.25, 0.3) is 0 Å². The number of benzene rings is 1. The summed E-state index contributed by atoms with van der Waals surface area (Å²) in [4.78, 5) is 0. The molecule has 0 atom stereocenters. The van der Waals surface area contributed by atoms with Crippen LogP contribution < -0.4 is 5.46 Å². The number of halogens is 9. The summed E-state index contributed by atoms with van der Waals surface area (Å²) in [5, 5.41) is 10.4. The molecule has 3 aromatic heterocycles. The van der Waals surface area contributed by atoms with Crippen LogP contribution in [-0.4, -0.2) is 35.6 Å². The highest BCUT2D eigenvalue weighted by Gasteiger charge is 2.43. The highest BCUT2D eigenvalue weighted by Crippen LogP contribution is 2.31. The molecule has 0 spiro atoms. The maximum Gasteiger partial charge on any atom is 0.434 e. The molecule has 0 aliphatic carbocycles. The van der Waals surface area contributed by atoms with Gasteiger partial charge >= 0.3 is 25.1 Å². The average Bonchev–Trinajstić information content (AvgIpc) is 3.49. The Balaban J connectivity index is 2.09. The summed E-state index contributed by atoms with van der Waals surface area (Å²) in [6, 6.07) is 8.55. The lowest BCUT2D eigenvalue weighted by Crippen LogP contribution is -2.68. The molecular formula is C18H11BF9N6-. The first-order valence-electron chi connectivity index (χ1n) is 9.34. The van der Waals surface area contributed by atoms with Gasteiger partial charge in [0.15, 0.2) is 17.1 Å². The zero-order valence-electron chi connectivity index (χ0n) is 16.5. The standard InChI is InChI=1S/C18H11BF9N6/c20-16(21,22)13-6-9-32(29-13)19(12-4-2-1-3-5-12,33-10-7-14(30-33)17(23,24)25)34-11-8-15(31-34)18(26,27)28/h1-11H/q-1. The highest BCUT2D eigenvalue weighted by atomic mass is 19.4. The van der Waals surface area contributed by atoms with E-state index in [0.717, 1.165) is 18.6 Å². The SMILES string of the molecule is FC(F)(F)c1ccn([B-](c2ccccc2)(n2ccc(C(F)(F)F)n2)n2ccc(C(F)(F)F)n2)n1. The Hall–Kier alpha value is -3.72. The van der Waals surface area contributed by atoms with Gasteiger partial charge in [-0.2, -0.15) is 39.5 Å². The molecule has 0 bridgehead atoms. The molecule has 1 aromatic carbocycles. The summed E-state index contributed by atoms with van der Waals surface area (Å²) < 4.78 is 122. The van der Waals surface area contributed by atoms with Crippen LogP contribution in [0.3, 0.4) is 0 Å². The van der Waals surface area contributed by atoms with Crippen molar-refractivity contribution in [2.24, 2.45) is 0 Å². The Kier molecular flexibility index (Phi) is 5.29. The van der Waals surface area contributed by atoms with E-state index < -0.39 is 42.2 Å². The third kappa shape index (κ3) is 3.92. The number of aromatic nitrogens is 6. The molecule has 0 fully saturated rings. The van der Waals surface area contributed by atoms with Crippen LogP contribution in [0.4, 0.5) is 39.5 Å². The van der Waals surface area contributed by atoms with Crippen LogP contribution in [0, 0.1) is 0 Å². The summed E-state index contributed by atoms with van der Waals surface area (Å²) in [7, 11) is 0. The van der Waals surface area contributed by atoms with E-state index >= 15 is 0 Å². The van der Waals surface area contributed by atoms with Crippen LogP contribution in [0.1, 0.15) is 17.1 Å². The van der Waals surface area contributed by atoms with Crippen molar-refractivity contribution in [3.63, 3.8) is 0 Å². The van der Waals surface area contributed by atoms with E-state index in [9.17, 15) is 39.5 Å². The lowest BCUT2D eigenvalue weighted by atomic mass is 9.53. The number of alkyl halides is 9. The molecule has 0 aliphatic rings. The Bertz CT molecular complexity index is 1160. The Morgan fingerprint density at radius 1 is 0.500 bits per heavy atom. The first-order chi connectivity index (χ1) is 15.7. The monoisotopic (exact) mass is 493 g/mol. The predicted octanol–water partition coefficient (Wildman–Crippen LogP) is 4.12. The van der Waals surface area contributed by atoms with Gasteiger partial charge in [-0.15, -0.1) is 5.46 Å². The van der Waals surface area contributed by atoms with Crippen LogP contribution in [0.2, 0.25) is 0 Å². The molecule has 0 N–H and O–H groups in total. The summed E-state index contributed by atoms with van der Waals surface area (Å²) in [5.41, 5.74) is -4.27. The van der Waals surface area contributed by atoms with E-state index in [4.69, 9.17) is 0 Å². The second kappa shape index (κ2) is 7.67.